The zero-order valence-corrected chi connectivity index (χ0v) is 14.9. The van der Waals surface area contributed by atoms with Gasteiger partial charge in [-0.1, -0.05) is 24.3 Å². The number of anilines is 1. The maximum absolute atomic E-state index is 12.5. The highest BCUT2D eigenvalue weighted by Crippen LogP contribution is 2.24. The summed E-state index contributed by atoms with van der Waals surface area (Å²) in [7, 11) is 0. The van der Waals surface area contributed by atoms with E-state index in [9.17, 15) is 25.0 Å². The lowest BCUT2D eigenvalue weighted by Crippen LogP contribution is -2.13. The first-order chi connectivity index (χ1) is 13.9. The maximum atomic E-state index is 12.5. The molecule has 144 valence electrons. The molecule has 0 saturated carbocycles. The molecule has 1 heterocycles. The average molecular weight is 390 g/mol. The number of hydrogen-bond acceptors (Lipinski definition) is 5. The number of carbonyl (C=O) groups excluding carboxylic acids is 1. The van der Waals surface area contributed by atoms with Crippen LogP contribution in [0, 0.1) is 21.4 Å². The van der Waals surface area contributed by atoms with Crippen LogP contribution in [0.5, 0.6) is 0 Å². The molecule has 0 bridgehead atoms. The second-order valence-corrected chi connectivity index (χ2v) is 6.05. The van der Waals surface area contributed by atoms with Crippen molar-refractivity contribution in [3.63, 3.8) is 0 Å². The van der Waals surface area contributed by atoms with Gasteiger partial charge >= 0.3 is 5.97 Å². The van der Waals surface area contributed by atoms with Crippen LogP contribution in [0.3, 0.4) is 0 Å². The Morgan fingerprint density at radius 3 is 2.69 bits per heavy atom. The molecule has 3 rings (SSSR count). The number of hydrogen-bond donors (Lipinski definition) is 2. The van der Waals surface area contributed by atoms with E-state index in [0.717, 1.165) is 0 Å². The number of carboxylic acid groups (broad SMARTS) is 1. The van der Waals surface area contributed by atoms with Crippen molar-refractivity contribution >= 4 is 40.2 Å². The number of amides is 1. The molecule has 0 aliphatic heterocycles. The Hall–Kier alpha value is -4.45. The Morgan fingerprint density at radius 2 is 2.00 bits per heavy atom. The third-order valence-corrected chi connectivity index (χ3v) is 4.10. The number of nitro benzene ring substituents is 1. The Morgan fingerprint density at radius 1 is 1.24 bits per heavy atom. The summed E-state index contributed by atoms with van der Waals surface area (Å²) in [4.78, 5) is 33.8. The van der Waals surface area contributed by atoms with Crippen molar-refractivity contribution in [1.82, 2.24) is 4.57 Å². The SMILES string of the molecule is N#CC(=Cc1cn(CC(=O)O)c2ccccc12)C(=O)Nc1cccc([N+](=O)[O-])c1. The summed E-state index contributed by atoms with van der Waals surface area (Å²) in [6, 6.07) is 14.2. The van der Waals surface area contributed by atoms with Crippen LogP contribution >= 0.6 is 0 Å². The molecule has 1 aromatic heterocycles. The van der Waals surface area contributed by atoms with Gasteiger partial charge in [0.15, 0.2) is 0 Å². The number of carboxylic acids is 1. The van der Waals surface area contributed by atoms with E-state index in [1.54, 1.807) is 30.5 Å². The summed E-state index contributed by atoms with van der Waals surface area (Å²) >= 11 is 0. The molecule has 0 radical (unpaired) electrons. The number of fused-ring (bicyclic) bond motifs is 1. The summed E-state index contributed by atoms with van der Waals surface area (Å²) in [6.07, 6.45) is 2.91. The van der Waals surface area contributed by atoms with E-state index in [4.69, 9.17) is 5.11 Å². The van der Waals surface area contributed by atoms with Crippen molar-refractivity contribution in [2.45, 2.75) is 6.54 Å². The minimum Gasteiger partial charge on any atom is -0.480 e. The van der Waals surface area contributed by atoms with Gasteiger partial charge in [-0.3, -0.25) is 19.7 Å². The number of rotatable bonds is 6. The molecule has 0 saturated heterocycles. The van der Waals surface area contributed by atoms with E-state index in [-0.39, 0.29) is 23.5 Å². The first-order valence-corrected chi connectivity index (χ1v) is 8.36. The Bertz CT molecular complexity index is 1200. The van der Waals surface area contributed by atoms with Gasteiger partial charge in [0.25, 0.3) is 11.6 Å². The first kappa shape index (κ1) is 19.3. The summed E-state index contributed by atoms with van der Waals surface area (Å²) in [5.41, 5.74) is 0.917. The standard InChI is InChI=1S/C20H14N4O5/c21-10-13(20(27)22-15-4-3-5-16(9-15)24(28)29)8-14-11-23(12-19(25)26)18-7-2-1-6-17(14)18/h1-9,11H,12H2,(H,22,27)(H,25,26). The van der Waals surface area contributed by atoms with Gasteiger partial charge < -0.3 is 15.0 Å². The minimum absolute atomic E-state index is 0.179. The number of nitro groups is 1. The molecule has 0 aliphatic carbocycles. The molecule has 0 aliphatic rings. The molecule has 3 aromatic rings. The fourth-order valence-corrected chi connectivity index (χ4v) is 2.87. The zero-order chi connectivity index (χ0) is 21.0. The molecular formula is C20H14N4O5. The molecule has 0 atom stereocenters. The molecule has 2 N–H and O–H groups in total. The number of non-ortho nitro benzene ring substituents is 1. The quantitative estimate of drug-likeness (QED) is 0.287. The second-order valence-electron chi connectivity index (χ2n) is 6.05. The maximum Gasteiger partial charge on any atom is 0.323 e. The summed E-state index contributed by atoms with van der Waals surface area (Å²) in [5, 5.41) is 32.5. The van der Waals surface area contributed by atoms with Crippen molar-refractivity contribution in [2.75, 3.05) is 5.32 Å². The van der Waals surface area contributed by atoms with Gasteiger partial charge in [-0.15, -0.1) is 0 Å². The van der Waals surface area contributed by atoms with Crippen LogP contribution in [0.25, 0.3) is 17.0 Å². The fraction of sp³-hybridized carbons (Fsp3) is 0.0500. The van der Waals surface area contributed by atoms with Gasteiger partial charge in [0.1, 0.15) is 18.2 Å². The van der Waals surface area contributed by atoms with E-state index >= 15 is 0 Å². The molecule has 9 heteroatoms. The summed E-state index contributed by atoms with van der Waals surface area (Å²) in [6.45, 7) is -0.268. The molecule has 0 unspecified atom stereocenters. The Balaban J connectivity index is 1.95. The predicted octanol–water partition coefficient (Wildman–Crippen LogP) is 3.18. The van der Waals surface area contributed by atoms with E-state index < -0.39 is 16.8 Å². The van der Waals surface area contributed by atoms with Crippen LogP contribution in [-0.4, -0.2) is 26.5 Å². The van der Waals surface area contributed by atoms with Crippen molar-refractivity contribution in [3.8, 4) is 6.07 Å². The number of nitrogens with zero attached hydrogens (tertiary/aromatic N) is 3. The number of benzene rings is 2. The number of aliphatic carboxylic acids is 1. The molecular weight excluding hydrogens is 376 g/mol. The van der Waals surface area contributed by atoms with Gasteiger partial charge in [-0.05, 0) is 18.2 Å². The highest BCUT2D eigenvalue weighted by atomic mass is 16.6. The summed E-state index contributed by atoms with van der Waals surface area (Å²) < 4.78 is 1.51. The summed E-state index contributed by atoms with van der Waals surface area (Å²) in [5.74, 6) is -1.76. The van der Waals surface area contributed by atoms with Crippen LogP contribution in [-0.2, 0) is 16.1 Å². The van der Waals surface area contributed by atoms with Crippen LogP contribution in [0.15, 0.2) is 60.3 Å². The third kappa shape index (κ3) is 4.28. The lowest BCUT2D eigenvalue weighted by Gasteiger charge is -2.04. The predicted molar refractivity (Wildman–Crippen MR) is 105 cm³/mol. The third-order valence-electron chi connectivity index (χ3n) is 4.10. The Labute approximate surface area is 164 Å². The van der Waals surface area contributed by atoms with Crippen LogP contribution in [0.4, 0.5) is 11.4 Å². The van der Waals surface area contributed by atoms with Crippen LogP contribution in [0.1, 0.15) is 5.56 Å². The zero-order valence-electron chi connectivity index (χ0n) is 14.9. The van der Waals surface area contributed by atoms with Gasteiger partial charge in [0.05, 0.1) is 4.92 Å². The van der Waals surface area contributed by atoms with Crippen molar-refractivity contribution < 1.29 is 19.6 Å². The van der Waals surface area contributed by atoms with E-state index in [0.29, 0.717) is 16.5 Å². The van der Waals surface area contributed by atoms with Gasteiger partial charge in [0.2, 0.25) is 0 Å². The smallest absolute Gasteiger partial charge is 0.323 e. The van der Waals surface area contributed by atoms with Gasteiger partial charge in [-0.2, -0.15) is 5.26 Å². The van der Waals surface area contributed by atoms with Crippen molar-refractivity contribution in [1.29, 1.82) is 5.26 Å². The molecule has 0 spiro atoms. The number of nitriles is 1. The van der Waals surface area contributed by atoms with Crippen LogP contribution in [0.2, 0.25) is 0 Å². The molecule has 29 heavy (non-hydrogen) atoms. The molecule has 1 amide bonds. The van der Waals surface area contributed by atoms with E-state index in [2.05, 4.69) is 5.32 Å². The lowest BCUT2D eigenvalue weighted by atomic mass is 10.1. The molecule has 9 nitrogen and oxygen atoms in total. The van der Waals surface area contributed by atoms with Crippen molar-refractivity contribution in [3.05, 3.63) is 76.0 Å². The van der Waals surface area contributed by atoms with E-state index in [1.807, 2.05) is 6.07 Å². The second kappa shape index (κ2) is 8.06. The number of carbonyl (C=O) groups is 2. The normalized spacial score (nSPS) is 11.1. The van der Waals surface area contributed by atoms with Gasteiger partial charge in [0, 0.05) is 40.5 Å². The van der Waals surface area contributed by atoms with Gasteiger partial charge in [-0.25, -0.2) is 0 Å². The Kier molecular flexibility index (Phi) is 5.37. The molecule has 0 fully saturated rings. The average Bonchev–Trinajstić information content (AvgIpc) is 3.03. The number of nitrogens with one attached hydrogen (secondary N) is 1. The lowest BCUT2D eigenvalue weighted by molar-refractivity contribution is -0.384. The number of para-hydroxylation sites is 1. The highest BCUT2D eigenvalue weighted by molar-refractivity contribution is 6.10. The number of aromatic nitrogens is 1. The molecule has 2 aromatic carbocycles. The first-order valence-electron chi connectivity index (χ1n) is 8.36. The fourth-order valence-electron chi connectivity index (χ4n) is 2.87. The highest BCUT2D eigenvalue weighted by Gasteiger charge is 2.15. The van der Waals surface area contributed by atoms with Crippen LogP contribution < -0.4 is 5.32 Å². The van der Waals surface area contributed by atoms with Crippen molar-refractivity contribution in [2.24, 2.45) is 0 Å². The largest absolute Gasteiger partial charge is 0.480 e. The minimum atomic E-state index is -1.02. The van der Waals surface area contributed by atoms with E-state index in [1.165, 1.54) is 34.9 Å². The monoisotopic (exact) mass is 390 g/mol. The topological polar surface area (TPSA) is 138 Å².